The second kappa shape index (κ2) is 9.21. The zero-order valence-corrected chi connectivity index (χ0v) is 9.51. The van der Waals surface area contributed by atoms with Crippen LogP contribution in [-0.2, 0) is 10.4 Å². The Kier molecular flexibility index (Phi) is 15.1. The normalized spacial score (nSPS) is 12.1. The predicted molar refractivity (Wildman–Crippen MR) is 36.3 cm³/mol. The van der Waals surface area contributed by atoms with Crippen molar-refractivity contribution in [1.82, 2.24) is 0 Å². The average Bonchev–Trinajstić information content (AvgIpc) is 1.61. The van der Waals surface area contributed by atoms with Gasteiger partial charge in [-0.25, -0.2) is 0 Å². The van der Waals surface area contributed by atoms with E-state index in [-0.39, 0.29) is 35.4 Å². The van der Waals surface area contributed by atoms with E-state index in [1.807, 2.05) is 0 Å². The van der Waals surface area contributed by atoms with Crippen LogP contribution in [0.2, 0.25) is 0 Å². The van der Waals surface area contributed by atoms with Gasteiger partial charge in [0.25, 0.3) is 0 Å². The first-order valence-corrected chi connectivity index (χ1v) is 3.97. The molecule has 0 aromatic carbocycles. The van der Waals surface area contributed by atoms with E-state index < -0.39 is 16.5 Å². The summed E-state index contributed by atoms with van der Waals surface area (Å²) in [6.07, 6.45) is -0.600. The minimum atomic E-state index is -4.67. The van der Waals surface area contributed by atoms with E-state index in [0.29, 0.717) is 0 Å². The third-order valence-electron chi connectivity index (χ3n) is 0.178. The summed E-state index contributed by atoms with van der Waals surface area (Å²) in [6.45, 7) is 3.18. The van der Waals surface area contributed by atoms with Crippen molar-refractivity contribution in [3.63, 3.8) is 0 Å². The summed E-state index contributed by atoms with van der Waals surface area (Å²) in [5, 5.41) is 8.12. The smallest absolute Gasteiger partial charge is 0.424 e. The van der Waals surface area contributed by atoms with Crippen molar-refractivity contribution in [3.05, 3.63) is 6.92 Å². The second-order valence-electron chi connectivity index (χ2n) is 1.26. The maximum Gasteiger partial charge on any atom is 1.00 e. The van der Waals surface area contributed by atoms with Gasteiger partial charge < -0.3 is 12.0 Å². The first-order valence-electron chi connectivity index (χ1n) is 2.04. The molecule has 0 rings (SSSR count). The molecule has 0 aromatic rings. The van der Waals surface area contributed by atoms with Gasteiger partial charge >= 0.3 is 40.0 Å². The molecule has 0 heterocycles. The van der Waals surface area contributed by atoms with Gasteiger partial charge in [-0.1, -0.05) is 6.10 Å². The Morgan fingerprint density at radius 3 is 1.55 bits per heavy atom. The van der Waals surface area contributed by atoms with Crippen molar-refractivity contribution >= 4 is 22.0 Å². The molecule has 0 aliphatic heterocycles. The van der Waals surface area contributed by atoms with Crippen LogP contribution in [0.3, 0.4) is 0 Å². The van der Waals surface area contributed by atoms with Gasteiger partial charge in [-0.05, 0) is 0 Å². The number of halogens is 1. The number of rotatable bonds is 1. The van der Waals surface area contributed by atoms with E-state index in [1.165, 1.54) is 0 Å². The first-order chi connectivity index (χ1) is 4.27. The maximum absolute atomic E-state index is 8.74. The standard InChI is InChI=1S/C3H6ClO.Na.H2O4S/c1-3(5)2-4;;1-5(2,3)4/h3,5H,1-2H2;;(H2,1,2,3,4)/q-1;+1;. The number of hydrogen-bond donors (Lipinski definition) is 3. The van der Waals surface area contributed by atoms with Crippen LogP contribution in [0.15, 0.2) is 0 Å². The molecule has 8 heteroatoms. The van der Waals surface area contributed by atoms with Crippen LogP contribution in [-0.4, -0.2) is 34.6 Å². The summed E-state index contributed by atoms with van der Waals surface area (Å²) in [7, 11) is -4.67. The molecule has 64 valence electrons. The molecule has 0 amide bonds. The van der Waals surface area contributed by atoms with Gasteiger partial charge in [-0.15, -0.1) is 11.6 Å². The third-order valence-corrected chi connectivity index (χ3v) is 0.534. The zero-order chi connectivity index (χ0) is 8.78. The SMILES string of the molecule is O=S(=O)(O)O.[CH2-]C(O)CCl.[Na+]. The van der Waals surface area contributed by atoms with E-state index in [9.17, 15) is 0 Å². The van der Waals surface area contributed by atoms with Crippen LogP contribution in [0.1, 0.15) is 0 Å². The molecule has 0 aromatic heterocycles. The molecule has 0 spiro atoms. The van der Waals surface area contributed by atoms with Gasteiger partial charge in [0, 0.05) is 5.88 Å². The molecule has 1 atom stereocenters. The van der Waals surface area contributed by atoms with Gasteiger partial charge in [-0.3, -0.25) is 9.11 Å². The molecule has 11 heavy (non-hydrogen) atoms. The van der Waals surface area contributed by atoms with Crippen molar-refractivity contribution in [2.45, 2.75) is 6.10 Å². The van der Waals surface area contributed by atoms with E-state index in [4.69, 9.17) is 34.2 Å². The molecule has 0 saturated heterocycles. The van der Waals surface area contributed by atoms with E-state index in [2.05, 4.69) is 6.92 Å². The molecular formula is C3H8ClNaO5S. The Hall–Kier alpha value is 1.12. The third kappa shape index (κ3) is 95.0. The van der Waals surface area contributed by atoms with Crippen LogP contribution in [0.25, 0.3) is 0 Å². The van der Waals surface area contributed by atoms with Crippen molar-refractivity contribution < 1.29 is 52.2 Å². The molecule has 0 bridgehead atoms. The predicted octanol–water partition coefficient (Wildman–Crippen LogP) is -3.23. The van der Waals surface area contributed by atoms with E-state index >= 15 is 0 Å². The van der Waals surface area contributed by atoms with Crippen LogP contribution in [0, 0.1) is 6.92 Å². The van der Waals surface area contributed by atoms with Crippen LogP contribution in [0.5, 0.6) is 0 Å². The number of hydrogen-bond acceptors (Lipinski definition) is 3. The molecule has 0 fully saturated rings. The fourth-order valence-electron chi connectivity index (χ4n) is 0. The van der Waals surface area contributed by atoms with Crippen LogP contribution >= 0.6 is 11.6 Å². The van der Waals surface area contributed by atoms with E-state index in [0.717, 1.165) is 0 Å². The molecule has 0 radical (unpaired) electrons. The van der Waals surface area contributed by atoms with Gasteiger partial charge in [0.2, 0.25) is 0 Å². The first kappa shape index (κ1) is 18.0. The Labute approximate surface area is 92.6 Å². The number of aliphatic hydroxyl groups excluding tert-OH is 1. The van der Waals surface area contributed by atoms with Gasteiger partial charge in [0.1, 0.15) is 0 Å². The molecule has 5 nitrogen and oxygen atoms in total. The van der Waals surface area contributed by atoms with Crippen molar-refractivity contribution in [1.29, 1.82) is 0 Å². The molecule has 3 N–H and O–H groups in total. The molecule has 0 saturated carbocycles. The minimum absolute atomic E-state index is 0. The van der Waals surface area contributed by atoms with Gasteiger partial charge in [0.15, 0.2) is 0 Å². The van der Waals surface area contributed by atoms with E-state index in [1.54, 1.807) is 0 Å². The number of aliphatic hydroxyl groups is 1. The Morgan fingerprint density at radius 1 is 1.45 bits per heavy atom. The van der Waals surface area contributed by atoms with Crippen molar-refractivity contribution in [2.24, 2.45) is 0 Å². The molecular weight excluding hydrogens is 207 g/mol. The van der Waals surface area contributed by atoms with Gasteiger partial charge in [-0.2, -0.15) is 8.42 Å². The summed E-state index contributed by atoms with van der Waals surface area (Å²) >= 11 is 5.02. The molecule has 0 aliphatic rings. The molecule has 0 aliphatic carbocycles. The Balaban J connectivity index is -0.000000107. The van der Waals surface area contributed by atoms with Crippen LogP contribution < -0.4 is 29.6 Å². The average molecular weight is 215 g/mol. The Morgan fingerprint density at radius 2 is 1.55 bits per heavy atom. The van der Waals surface area contributed by atoms with Crippen molar-refractivity contribution in [3.8, 4) is 0 Å². The van der Waals surface area contributed by atoms with Crippen molar-refractivity contribution in [2.75, 3.05) is 5.88 Å². The largest absolute Gasteiger partial charge is 1.00 e. The monoisotopic (exact) mass is 214 g/mol. The number of alkyl halides is 1. The minimum Gasteiger partial charge on any atom is -0.424 e. The summed E-state index contributed by atoms with van der Waals surface area (Å²) < 4.78 is 31.6. The topological polar surface area (TPSA) is 94.8 Å². The summed E-state index contributed by atoms with van der Waals surface area (Å²) in [5.74, 6) is 0.222. The van der Waals surface area contributed by atoms with Gasteiger partial charge in [0.05, 0.1) is 0 Å². The quantitative estimate of drug-likeness (QED) is 0.185. The summed E-state index contributed by atoms with van der Waals surface area (Å²) in [5.41, 5.74) is 0. The Bertz CT molecular complexity index is 147. The summed E-state index contributed by atoms with van der Waals surface area (Å²) in [4.78, 5) is 0. The maximum atomic E-state index is 8.74. The fraction of sp³-hybridized carbons (Fsp3) is 0.667. The van der Waals surface area contributed by atoms with Crippen LogP contribution in [0.4, 0.5) is 0 Å². The summed E-state index contributed by atoms with van der Waals surface area (Å²) in [6, 6.07) is 0. The second-order valence-corrected chi connectivity index (χ2v) is 2.46. The zero-order valence-electron chi connectivity index (χ0n) is 5.94. The fourth-order valence-corrected chi connectivity index (χ4v) is 0. The molecule has 1 unspecified atom stereocenters.